The lowest BCUT2D eigenvalue weighted by atomic mass is 9.72. The summed E-state index contributed by atoms with van der Waals surface area (Å²) in [6.07, 6.45) is 3.95. The monoisotopic (exact) mass is 269 g/mol. The summed E-state index contributed by atoms with van der Waals surface area (Å²) in [4.78, 5) is 14.5. The average Bonchev–Trinajstić information content (AvgIpc) is 2.47. The van der Waals surface area contributed by atoms with Crippen molar-refractivity contribution in [2.75, 3.05) is 32.9 Å². The Bertz CT molecular complexity index is 313. The molecule has 1 amide bonds. The van der Waals surface area contributed by atoms with Crippen LogP contribution in [0, 0.1) is 17.3 Å². The van der Waals surface area contributed by atoms with Gasteiger partial charge in [-0.25, -0.2) is 0 Å². The van der Waals surface area contributed by atoms with Crippen LogP contribution in [0.5, 0.6) is 0 Å². The second-order valence-corrected chi connectivity index (χ2v) is 6.45. The maximum atomic E-state index is 12.5. The molecule has 0 aromatic carbocycles. The van der Waals surface area contributed by atoms with Gasteiger partial charge in [0.15, 0.2) is 0 Å². The highest BCUT2D eigenvalue weighted by atomic mass is 16.5. The molecule has 1 N–H and O–H groups in total. The molecule has 2 aliphatic heterocycles. The largest absolute Gasteiger partial charge is 0.396 e. The molecule has 110 valence electrons. The summed E-state index contributed by atoms with van der Waals surface area (Å²) >= 11 is 0. The van der Waals surface area contributed by atoms with Crippen LogP contribution in [0.2, 0.25) is 0 Å². The first kappa shape index (κ1) is 14.8. The van der Waals surface area contributed by atoms with Crippen LogP contribution in [0.4, 0.5) is 0 Å². The predicted molar refractivity (Wildman–Crippen MR) is 73.7 cm³/mol. The summed E-state index contributed by atoms with van der Waals surface area (Å²) in [6, 6.07) is 0. The fourth-order valence-electron chi connectivity index (χ4n) is 3.32. The number of ether oxygens (including phenoxy) is 1. The molecular formula is C15H27NO3. The van der Waals surface area contributed by atoms with E-state index in [2.05, 4.69) is 13.8 Å². The molecule has 4 nitrogen and oxygen atoms in total. The second-order valence-electron chi connectivity index (χ2n) is 6.45. The van der Waals surface area contributed by atoms with Crippen molar-refractivity contribution < 1.29 is 14.6 Å². The number of likely N-dealkylation sites (tertiary alicyclic amines) is 1. The number of hydrogen-bond donors (Lipinski definition) is 1. The summed E-state index contributed by atoms with van der Waals surface area (Å²) in [5, 5.41) is 9.76. The molecule has 0 aromatic heterocycles. The molecule has 2 aliphatic rings. The Morgan fingerprint density at radius 1 is 1.47 bits per heavy atom. The van der Waals surface area contributed by atoms with Crippen LogP contribution < -0.4 is 0 Å². The molecule has 0 unspecified atom stereocenters. The molecule has 2 atom stereocenters. The Hall–Kier alpha value is -0.610. The first-order valence-electron chi connectivity index (χ1n) is 7.56. The molecule has 2 fully saturated rings. The number of carbonyl (C=O) groups excluding carboxylic acids is 1. The summed E-state index contributed by atoms with van der Waals surface area (Å²) in [5.41, 5.74) is -0.108. The van der Waals surface area contributed by atoms with Gasteiger partial charge >= 0.3 is 0 Å². The van der Waals surface area contributed by atoms with E-state index in [-0.39, 0.29) is 23.8 Å². The number of aliphatic hydroxyl groups is 1. The van der Waals surface area contributed by atoms with Gasteiger partial charge in [-0.1, -0.05) is 13.8 Å². The molecule has 2 saturated heterocycles. The molecule has 0 aromatic rings. The SMILES string of the molecule is CC(C)[C@@]1(CO)CCCN(C(=O)[C@H]2CCCOC2)C1. The molecule has 0 spiro atoms. The highest BCUT2D eigenvalue weighted by Crippen LogP contribution is 2.37. The molecule has 0 radical (unpaired) electrons. The van der Waals surface area contributed by atoms with Gasteiger partial charge in [0.2, 0.25) is 5.91 Å². The van der Waals surface area contributed by atoms with Gasteiger partial charge in [-0.15, -0.1) is 0 Å². The summed E-state index contributed by atoms with van der Waals surface area (Å²) in [6.45, 7) is 7.37. The van der Waals surface area contributed by atoms with E-state index in [4.69, 9.17) is 4.74 Å². The van der Waals surface area contributed by atoms with E-state index in [9.17, 15) is 9.90 Å². The summed E-state index contributed by atoms with van der Waals surface area (Å²) in [7, 11) is 0. The highest BCUT2D eigenvalue weighted by Gasteiger charge is 2.40. The fourth-order valence-corrected chi connectivity index (χ4v) is 3.32. The molecule has 2 heterocycles. The van der Waals surface area contributed by atoms with Gasteiger partial charge in [0, 0.05) is 25.1 Å². The first-order valence-corrected chi connectivity index (χ1v) is 7.56. The molecule has 0 saturated carbocycles. The number of amides is 1. The predicted octanol–water partition coefficient (Wildman–Crippen LogP) is 1.67. The molecule has 4 heteroatoms. The third-order valence-electron chi connectivity index (χ3n) is 4.97. The Morgan fingerprint density at radius 3 is 2.84 bits per heavy atom. The maximum absolute atomic E-state index is 12.5. The van der Waals surface area contributed by atoms with Gasteiger partial charge in [-0.05, 0) is 31.6 Å². The summed E-state index contributed by atoms with van der Waals surface area (Å²) in [5.74, 6) is 0.670. The van der Waals surface area contributed by atoms with Crippen molar-refractivity contribution in [1.29, 1.82) is 0 Å². The normalized spacial score (nSPS) is 32.6. The minimum Gasteiger partial charge on any atom is -0.396 e. The van der Waals surface area contributed by atoms with E-state index >= 15 is 0 Å². The average molecular weight is 269 g/mol. The number of carbonyl (C=O) groups is 1. The lowest BCUT2D eigenvalue weighted by molar-refractivity contribution is -0.145. The number of hydrogen-bond acceptors (Lipinski definition) is 3. The van der Waals surface area contributed by atoms with Gasteiger partial charge in [0.25, 0.3) is 0 Å². The van der Waals surface area contributed by atoms with Crippen molar-refractivity contribution in [3.63, 3.8) is 0 Å². The van der Waals surface area contributed by atoms with Crippen molar-refractivity contribution >= 4 is 5.91 Å². The number of piperidine rings is 1. The fraction of sp³-hybridized carbons (Fsp3) is 0.933. The number of nitrogens with zero attached hydrogens (tertiary/aromatic N) is 1. The van der Waals surface area contributed by atoms with Crippen LogP contribution in [-0.4, -0.2) is 48.8 Å². The van der Waals surface area contributed by atoms with Crippen LogP contribution in [-0.2, 0) is 9.53 Å². The zero-order chi connectivity index (χ0) is 13.9. The lowest BCUT2D eigenvalue weighted by Gasteiger charge is -2.45. The molecule has 0 bridgehead atoms. The topological polar surface area (TPSA) is 49.8 Å². The van der Waals surface area contributed by atoms with Crippen LogP contribution in [0.15, 0.2) is 0 Å². The maximum Gasteiger partial charge on any atom is 0.228 e. The van der Waals surface area contributed by atoms with E-state index in [1.807, 2.05) is 4.90 Å². The van der Waals surface area contributed by atoms with Crippen molar-refractivity contribution in [3.8, 4) is 0 Å². The standard InChI is InChI=1S/C15H27NO3/c1-12(2)15(11-17)6-4-7-16(10-15)14(18)13-5-3-8-19-9-13/h12-13,17H,3-11H2,1-2H3/t13-,15-/m0/s1. The Kier molecular flexibility index (Phi) is 4.85. The summed E-state index contributed by atoms with van der Waals surface area (Å²) < 4.78 is 5.42. The van der Waals surface area contributed by atoms with E-state index in [0.29, 0.717) is 19.1 Å². The van der Waals surface area contributed by atoms with Crippen molar-refractivity contribution in [2.24, 2.45) is 17.3 Å². The lowest BCUT2D eigenvalue weighted by Crippen LogP contribution is -2.52. The van der Waals surface area contributed by atoms with Gasteiger partial charge in [-0.2, -0.15) is 0 Å². The quantitative estimate of drug-likeness (QED) is 0.848. The first-order chi connectivity index (χ1) is 9.09. The number of aliphatic hydroxyl groups excluding tert-OH is 1. The van der Waals surface area contributed by atoms with Gasteiger partial charge < -0.3 is 14.7 Å². The van der Waals surface area contributed by atoms with Gasteiger partial charge in [-0.3, -0.25) is 4.79 Å². The molecule has 2 rings (SSSR count). The Morgan fingerprint density at radius 2 is 2.26 bits per heavy atom. The van der Waals surface area contributed by atoms with E-state index in [1.165, 1.54) is 0 Å². The molecule has 0 aliphatic carbocycles. The van der Waals surface area contributed by atoms with Crippen LogP contribution >= 0.6 is 0 Å². The van der Waals surface area contributed by atoms with Crippen molar-refractivity contribution in [3.05, 3.63) is 0 Å². The smallest absolute Gasteiger partial charge is 0.228 e. The van der Waals surface area contributed by atoms with Crippen LogP contribution in [0.25, 0.3) is 0 Å². The van der Waals surface area contributed by atoms with Gasteiger partial charge in [0.1, 0.15) is 0 Å². The molecular weight excluding hydrogens is 242 g/mol. The van der Waals surface area contributed by atoms with Crippen LogP contribution in [0.3, 0.4) is 0 Å². The second kappa shape index (κ2) is 6.23. The third kappa shape index (κ3) is 3.11. The zero-order valence-electron chi connectivity index (χ0n) is 12.2. The van der Waals surface area contributed by atoms with Crippen molar-refractivity contribution in [2.45, 2.75) is 39.5 Å². The van der Waals surface area contributed by atoms with Crippen LogP contribution in [0.1, 0.15) is 39.5 Å². The van der Waals surface area contributed by atoms with E-state index < -0.39 is 0 Å². The minimum absolute atomic E-state index is 0.0374. The van der Waals surface area contributed by atoms with Gasteiger partial charge in [0.05, 0.1) is 19.1 Å². The van der Waals surface area contributed by atoms with E-state index in [1.54, 1.807) is 0 Å². The number of rotatable bonds is 3. The third-order valence-corrected chi connectivity index (χ3v) is 4.97. The minimum atomic E-state index is -0.108. The zero-order valence-corrected chi connectivity index (χ0v) is 12.2. The molecule has 19 heavy (non-hydrogen) atoms. The Balaban J connectivity index is 2.01. The Labute approximate surface area is 116 Å². The van der Waals surface area contributed by atoms with Crippen molar-refractivity contribution in [1.82, 2.24) is 4.90 Å². The van der Waals surface area contributed by atoms with E-state index in [0.717, 1.165) is 38.8 Å². The highest BCUT2D eigenvalue weighted by molar-refractivity contribution is 5.79.